The average molecular weight is 356 g/mol. The number of nitrogens with zero attached hydrogens (tertiary/aromatic N) is 2. The van der Waals surface area contributed by atoms with Gasteiger partial charge in [-0.1, -0.05) is 17.3 Å². The highest BCUT2D eigenvalue weighted by Crippen LogP contribution is 2.33. The lowest BCUT2D eigenvalue weighted by atomic mass is 10.1. The molecule has 24 heavy (non-hydrogen) atoms. The predicted molar refractivity (Wildman–Crippen MR) is 100 cm³/mol. The molecule has 0 aliphatic rings. The molecule has 0 bridgehead atoms. The van der Waals surface area contributed by atoms with Crippen LogP contribution in [0.25, 0.3) is 21.5 Å². The number of anilines is 1. The van der Waals surface area contributed by atoms with Crippen LogP contribution >= 0.6 is 22.7 Å². The van der Waals surface area contributed by atoms with E-state index in [0.29, 0.717) is 6.61 Å². The van der Waals surface area contributed by atoms with E-state index >= 15 is 0 Å². The van der Waals surface area contributed by atoms with E-state index in [0.717, 1.165) is 33.8 Å². The Balaban J connectivity index is 1.44. The van der Waals surface area contributed by atoms with Gasteiger partial charge in [-0.25, -0.2) is 0 Å². The van der Waals surface area contributed by atoms with E-state index in [1.807, 2.05) is 35.7 Å². The minimum Gasteiger partial charge on any atom is -0.492 e. The summed E-state index contributed by atoms with van der Waals surface area (Å²) < 4.78 is 12.3. The Hall–Kier alpha value is -2.31. The maximum Gasteiger partial charge on any atom is 0.178 e. The second-order valence-electron chi connectivity index (χ2n) is 5.42. The topological polar surface area (TPSA) is 38.5 Å². The number of benzene rings is 1. The number of rotatable bonds is 6. The lowest BCUT2D eigenvalue weighted by molar-refractivity contribution is 0.326. The van der Waals surface area contributed by atoms with Gasteiger partial charge in [-0.2, -0.15) is 11.3 Å². The van der Waals surface area contributed by atoms with E-state index in [-0.39, 0.29) is 0 Å². The van der Waals surface area contributed by atoms with Gasteiger partial charge >= 0.3 is 0 Å². The molecule has 4 rings (SSSR count). The van der Waals surface area contributed by atoms with Gasteiger partial charge in [0.2, 0.25) is 0 Å². The maximum absolute atomic E-state index is 5.91. The Kier molecular flexibility index (Phi) is 4.23. The summed E-state index contributed by atoms with van der Waals surface area (Å²) in [5.41, 5.74) is 3.94. The molecule has 4 aromatic rings. The summed E-state index contributed by atoms with van der Waals surface area (Å²) >= 11 is 3.34. The summed E-state index contributed by atoms with van der Waals surface area (Å²) in [5.74, 6) is 0.846. The molecule has 0 aliphatic carbocycles. The van der Waals surface area contributed by atoms with Crippen LogP contribution in [0.4, 0.5) is 5.69 Å². The zero-order valence-electron chi connectivity index (χ0n) is 13.1. The standard InChI is InChI=1S/C18H16N2O2S2/c1-20(14-5-9-23-12-14)7-8-21-15-4-2-3-13(11-15)17-18-16(22-19-17)6-10-24-18/h2-6,9-12H,7-8H2,1H3. The first-order valence-electron chi connectivity index (χ1n) is 7.61. The van der Waals surface area contributed by atoms with Crippen molar-refractivity contribution < 1.29 is 9.26 Å². The molecule has 0 saturated heterocycles. The fourth-order valence-electron chi connectivity index (χ4n) is 2.50. The minimum atomic E-state index is 0.628. The molecule has 0 amide bonds. The van der Waals surface area contributed by atoms with Crippen molar-refractivity contribution in [3.05, 3.63) is 52.5 Å². The molecule has 6 heteroatoms. The van der Waals surface area contributed by atoms with Crippen LogP contribution < -0.4 is 9.64 Å². The zero-order valence-corrected chi connectivity index (χ0v) is 14.8. The number of fused-ring (bicyclic) bond motifs is 1. The third-order valence-electron chi connectivity index (χ3n) is 3.83. The Morgan fingerprint density at radius 3 is 3.04 bits per heavy atom. The first-order chi connectivity index (χ1) is 11.8. The van der Waals surface area contributed by atoms with Gasteiger partial charge < -0.3 is 14.2 Å². The van der Waals surface area contributed by atoms with E-state index in [1.165, 1.54) is 5.69 Å². The van der Waals surface area contributed by atoms with Crippen molar-refractivity contribution in [3.8, 4) is 17.0 Å². The molecular formula is C18H16N2O2S2. The predicted octanol–water partition coefficient (Wildman–Crippen LogP) is 5.13. The van der Waals surface area contributed by atoms with Crippen LogP contribution in [0.15, 0.2) is 57.1 Å². The number of aromatic nitrogens is 1. The van der Waals surface area contributed by atoms with E-state index in [9.17, 15) is 0 Å². The summed E-state index contributed by atoms with van der Waals surface area (Å²) in [7, 11) is 2.07. The summed E-state index contributed by atoms with van der Waals surface area (Å²) in [5, 5.41) is 10.4. The highest BCUT2D eigenvalue weighted by molar-refractivity contribution is 7.17. The smallest absolute Gasteiger partial charge is 0.178 e. The maximum atomic E-state index is 5.91. The van der Waals surface area contributed by atoms with Crippen LogP contribution in [0.1, 0.15) is 0 Å². The van der Waals surface area contributed by atoms with Crippen molar-refractivity contribution in [2.45, 2.75) is 0 Å². The van der Waals surface area contributed by atoms with Crippen molar-refractivity contribution in [2.24, 2.45) is 0 Å². The number of hydrogen-bond donors (Lipinski definition) is 0. The quantitative estimate of drug-likeness (QED) is 0.480. The van der Waals surface area contributed by atoms with Gasteiger partial charge in [0.25, 0.3) is 0 Å². The van der Waals surface area contributed by atoms with Crippen molar-refractivity contribution in [3.63, 3.8) is 0 Å². The van der Waals surface area contributed by atoms with Gasteiger partial charge in [-0.15, -0.1) is 11.3 Å². The summed E-state index contributed by atoms with van der Waals surface area (Å²) in [6.45, 7) is 1.46. The number of likely N-dealkylation sites (N-methyl/N-ethyl adjacent to an activating group) is 1. The van der Waals surface area contributed by atoms with Crippen LogP contribution in [0, 0.1) is 0 Å². The molecule has 3 heterocycles. The molecule has 1 aromatic carbocycles. The molecular weight excluding hydrogens is 340 g/mol. The Labute approximate surface area is 147 Å². The summed E-state index contributed by atoms with van der Waals surface area (Å²) in [6, 6.07) is 12.1. The van der Waals surface area contributed by atoms with Crippen LogP contribution in [-0.2, 0) is 0 Å². The largest absolute Gasteiger partial charge is 0.492 e. The van der Waals surface area contributed by atoms with E-state index < -0.39 is 0 Å². The van der Waals surface area contributed by atoms with Gasteiger partial charge in [0.1, 0.15) is 22.8 Å². The number of thiophene rings is 2. The third kappa shape index (κ3) is 3.02. The molecule has 0 spiro atoms. The second kappa shape index (κ2) is 6.67. The number of hydrogen-bond acceptors (Lipinski definition) is 6. The zero-order chi connectivity index (χ0) is 16.4. The highest BCUT2D eigenvalue weighted by Gasteiger charge is 2.12. The number of ether oxygens (including phenoxy) is 1. The lowest BCUT2D eigenvalue weighted by Crippen LogP contribution is -2.23. The molecule has 0 fully saturated rings. The van der Waals surface area contributed by atoms with Crippen molar-refractivity contribution in [1.82, 2.24) is 5.16 Å². The van der Waals surface area contributed by atoms with Crippen LogP contribution in [0.5, 0.6) is 5.75 Å². The fraction of sp³-hybridized carbons (Fsp3) is 0.167. The van der Waals surface area contributed by atoms with Gasteiger partial charge in [-0.3, -0.25) is 0 Å². The van der Waals surface area contributed by atoms with E-state index in [2.05, 4.69) is 33.9 Å². The lowest BCUT2D eigenvalue weighted by Gasteiger charge is -2.17. The van der Waals surface area contributed by atoms with Crippen molar-refractivity contribution in [1.29, 1.82) is 0 Å². The third-order valence-corrected chi connectivity index (χ3v) is 5.40. The van der Waals surface area contributed by atoms with Gasteiger partial charge in [0.15, 0.2) is 5.58 Å². The molecule has 122 valence electrons. The Morgan fingerprint density at radius 1 is 1.21 bits per heavy atom. The van der Waals surface area contributed by atoms with Gasteiger partial charge in [-0.05, 0) is 35.0 Å². The molecule has 0 saturated carbocycles. The summed E-state index contributed by atoms with van der Waals surface area (Å²) in [6.07, 6.45) is 0. The molecule has 4 nitrogen and oxygen atoms in total. The van der Waals surface area contributed by atoms with Crippen molar-refractivity contribution in [2.75, 3.05) is 25.1 Å². The average Bonchev–Trinajstić information content (AvgIpc) is 3.32. The Bertz CT molecular complexity index is 927. The van der Waals surface area contributed by atoms with Crippen LogP contribution in [0.2, 0.25) is 0 Å². The fourth-order valence-corrected chi connectivity index (χ4v) is 4.01. The monoisotopic (exact) mass is 356 g/mol. The van der Waals surface area contributed by atoms with Gasteiger partial charge in [0, 0.05) is 23.7 Å². The molecule has 0 radical (unpaired) electrons. The van der Waals surface area contributed by atoms with Crippen LogP contribution in [-0.4, -0.2) is 25.4 Å². The molecule has 0 atom stereocenters. The first-order valence-corrected chi connectivity index (χ1v) is 9.43. The molecule has 3 aromatic heterocycles. The van der Waals surface area contributed by atoms with Crippen LogP contribution in [0.3, 0.4) is 0 Å². The summed E-state index contributed by atoms with van der Waals surface area (Å²) in [4.78, 5) is 2.19. The minimum absolute atomic E-state index is 0.628. The molecule has 0 unspecified atom stereocenters. The van der Waals surface area contributed by atoms with E-state index in [1.54, 1.807) is 22.7 Å². The SMILES string of the molecule is CN(CCOc1cccc(-c2noc3ccsc23)c1)c1ccsc1. The van der Waals surface area contributed by atoms with Crippen molar-refractivity contribution >= 4 is 38.6 Å². The normalized spacial score (nSPS) is 11.0. The molecule has 0 N–H and O–H groups in total. The van der Waals surface area contributed by atoms with Gasteiger partial charge in [0.05, 0.1) is 6.54 Å². The van der Waals surface area contributed by atoms with E-state index in [4.69, 9.17) is 9.26 Å². The first kappa shape index (κ1) is 15.2. The highest BCUT2D eigenvalue weighted by atomic mass is 32.1. The Morgan fingerprint density at radius 2 is 2.17 bits per heavy atom. The second-order valence-corrected chi connectivity index (χ2v) is 7.12. The molecule has 0 aliphatic heterocycles.